The van der Waals surface area contributed by atoms with E-state index in [-0.39, 0.29) is 18.5 Å². The van der Waals surface area contributed by atoms with Gasteiger partial charge in [0.1, 0.15) is 0 Å². The van der Waals surface area contributed by atoms with Gasteiger partial charge in [0, 0.05) is 31.6 Å². The van der Waals surface area contributed by atoms with Gasteiger partial charge in [0.15, 0.2) is 5.82 Å². The maximum absolute atomic E-state index is 12.4. The minimum Gasteiger partial charge on any atom is -0.359 e. The average molecular weight is 398 g/mol. The number of likely N-dealkylation sites (tertiary alicyclic amines) is 1. The largest absolute Gasteiger partial charge is 0.359 e. The maximum atomic E-state index is 12.4. The highest BCUT2D eigenvalue weighted by atomic mass is 16.2. The first kappa shape index (κ1) is 20.2. The van der Waals surface area contributed by atoms with Crippen LogP contribution >= 0.6 is 0 Å². The molecule has 4 rings (SSSR count). The molecule has 2 aliphatic rings. The van der Waals surface area contributed by atoms with E-state index in [2.05, 4.69) is 59.6 Å². The number of hydrogen-bond acceptors (Lipinski definition) is 4. The third kappa shape index (κ3) is 4.42. The average Bonchev–Trinajstić information content (AvgIpc) is 2.97. The minimum absolute atomic E-state index is 0.0459. The van der Waals surface area contributed by atoms with Crippen molar-refractivity contribution in [1.29, 1.82) is 0 Å². The van der Waals surface area contributed by atoms with Gasteiger partial charge >= 0.3 is 0 Å². The molecule has 1 aromatic heterocycles. The van der Waals surface area contributed by atoms with Crippen LogP contribution in [-0.4, -0.2) is 52.3 Å². The summed E-state index contributed by atoms with van der Waals surface area (Å²) in [5.74, 6) is 2.54. The molecule has 2 fully saturated rings. The Labute approximate surface area is 174 Å². The molecule has 0 radical (unpaired) electrons. The van der Waals surface area contributed by atoms with E-state index in [0.29, 0.717) is 0 Å². The van der Waals surface area contributed by atoms with E-state index in [1.165, 1.54) is 31.2 Å². The van der Waals surface area contributed by atoms with Crippen LogP contribution in [0, 0.1) is 18.8 Å². The Balaban J connectivity index is 1.22. The molecule has 1 aliphatic heterocycles. The van der Waals surface area contributed by atoms with Crippen LogP contribution in [0.2, 0.25) is 0 Å². The van der Waals surface area contributed by atoms with Crippen molar-refractivity contribution in [2.75, 3.05) is 25.0 Å². The molecular formula is C23H35N5O. The van der Waals surface area contributed by atoms with Gasteiger partial charge in [-0.3, -0.25) is 14.4 Å². The summed E-state index contributed by atoms with van der Waals surface area (Å²) < 4.78 is 1.85. The first-order valence-electron chi connectivity index (χ1n) is 11.1. The van der Waals surface area contributed by atoms with Crippen molar-refractivity contribution < 1.29 is 4.79 Å². The van der Waals surface area contributed by atoms with Gasteiger partial charge in [-0.25, -0.2) is 0 Å². The Morgan fingerprint density at radius 1 is 1.21 bits per heavy atom. The Morgan fingerprint density at radius 2 is 1.93 bits per heavy atom. The molecule has 6 heteroatoms. The molecular weight excluding hydrogens is 362 g/mol. The lowest BCUT2D eigenvalue weighted by Crippen LogP contribution is -2.63. The third-order valence-corrected chi connectivity index (χ3v) is 6.90. The van der Waals surface area contributed by atoms with Crippen molar-refractivity contribution in [3.63, 3.8) is 0 Å². The molecule has 0 spiro atoms. The quantitative estimate of drug-likeness (QED) is 0.785. The smallest absolute Gasteiger partial charge is 0.239 e. The van der Waals surface area contributed by atoms with Crippen molar-refractivity contribution in [2.45, 2.75) is 58.5 Å². The summed E-state index contributed by atoms with van der Waals surface area (Å²) in [6.07, 6.45) is 5.35. The fourth-order valence-corrected chi connectivity index (χ4v) is 4.99. The van der Waals surface area contributed by atoms with E-state index in [4.69, 9.17) is 0 Å². The zero-order valence-corrected chi connectivity index (χ0v) is 18.2. The summed E-state index contributed by atoms with van der Waals surface area (Å²) in [5, 5.41) is 12.0. The summed E-state index contributed by atoms with van der Waals surface area (Å²) >= 11 is 0. The van der Waals surface area contributed by atoms with E-state index in [0.717, 1.165) is 47.7 Å². The van der Waals surface area contributed by atoms with E-state index in [1.54, 1.807) is 0 Å². The van der Waals surface area contributed by atoms with E-state index >= 15 is 0 Å². The number of aryl methyl sites for hydroxylation is 2. The molecule has 2 aromatic rings. The molecule has 1 aliphatic carbocycles. The van der Waals surface area contributed by atoms with Gasteiger partial charge < -0.3 is 10.6 Å². The summed E-state index contributed by atoms with van der Waals surface area (Å²) in [6, 6.07) is 7.27. The summed E-state index contributed by atoms with van der Waals surface area (Å²) in [5.41, 5.74) is 2.26. The number of carbonyl (C=O) groups is 1. The highest BCUT2D eigenvalue weighted by Crippen LogP contribution is 2.33. The SMILES string of the molecule is Cc1ccc2c(c1)c(NCC(=O)NC1CN([C@H]3CC[C@@H](C(C)C)CC3)C1)nn2C. The Kier molecular flexibility index (Phi) is 5.81. The summed E-state index contributed by atoms with van der Waals surface area (Å²) in [4.78, 5) is 15.0. The number of rotatable bonds is 6. The minimum atomic E-state index is 0.0459. The van der Waals surface area contributed by atoms with E-state index in [9.17, 15) is 4.79 Å². The number of carbonyl (C=O) groups excluding carboxylic acids is 1. The number of hydrogen-bond donors (Lipinski definition) is 2. The standard InChI is InChI=1S/C23H35N5O/c1-15(2)17-6-8-19(9-7-17)28-13-18(14-28)25-22(29)12-24-23-20-11-16(3)5-10-21(20)27(4)26-23/h5,10-11,15,17-19H,6-9,12-14H2,1-4H3,(H,24,26)(H,25,29)/t17-,19+. The first-order valence-corrected chi connectivity index (χ1v) is 11.1. The first-order chi connectivity index (χ1) is 13.9. The summed E-state index contributed by atoms with van der Waals surface area (Å²) in [7, 11) is 1.93. The summed E-state index contributed by atoms with van der Waals surface area (Å²) in [6.45, 7) is 9.02. The van der Waals surface area contributed by atoms with Gasteiger partial charge in [0.2, 0.25) is 5.91 Å². The fourth-order valence-electron chi connectivity index (χ4n) is 4.99. The second kappa shape index (κ2) is 8.34. The molecule has 29 heavy (non-hydrogen) atoms. The van der Waals surface area contributed by atoms with Crippen molar-refractivity contribution in [1.82, 2.24) is 20.0 Å². The van der Waals surface area contributed by atoms with Crippen LogP contribution < -0.4 is 10.6 Å². The van der Waals surface area contributed by atoms with Crippen LogP contribution in [0.1, 0.15) is 45.1 Å². The zero-order chi connectivity index (χ0) is 20.5. The van der Waals surface area contributed by atoms with Crippen LogP contribution in [0.5, 0.6) is 0 Å². The van der Waals surface area contributed by atoms with Gasteiger partial charge in [-0.2, -0.15) is 5.10 Å². The number of aromatic nitrogens is 2. The number of anilines is 1. The Bertz CT molecular complexity index is 860. The van der Waals surface area contributed by atoms with Crippen molar-refractivity contribution in [3.8, 4) is 0 Å². The lowest BCUT2D eigenvalue weighted by atomic mass is 9.78. The highest BCUT2D eigenvalue weighted by Gasteiger charge is 2.35. The van der Waals surface area contributed by atoms with Crippen molar-refractivity contribution in [2.24, 2.45) is 18.9 Å². The lowest BCUT2D eigenvalue weighted by Gasteiger charge is -2.47. The number of amides is 1. The molecule has 1 saturated carbocycles. The molecule has 2 N–H and O–H groups in total. The molecule has 1 amide bonds. The lowest BCUT2D eigenvalue weighted by molar-refractivity contribution is -0.121. The topological polar surface area (TPSA) is 62.2 Å². The fraction of sp³-hybridized carbons (Fsp3) is 0.652. The molecule has 1 aromatic carbocycles. The van der Waals surface area contributed by atoms with Gasteiger partial charge in [-0.05, 0) is 56.6 Å². The van der Waals surface area contributed by atoms with Gasteiger partial charge in [-0.1, -0.05) is 25.5 Å². The number of benzene rings is 1. The molecule has 1 saturated heterocycles. The van der Waals surface area contributed by atoms with Crippen molar-refractivity contribution >= 4 is 22.6 Å². The Hall–Kier alpha value is -2.08. The maximum Gasteiger partial charge on any atom is 0.239 e. The van der Waals surface area contributed by atoms with E-state index in [1.807, 2.05) is 11.7 Å². The monoisotopic (exact) mass is 397 g/mol. The molecule has 0 atom stereocenters. The van der Waals surface area contributed by atoms with Gasteiger partial charge in [-0.15, -0.1) is 0 Å². The molecule has 158 valence electrons. The number of nitrogens with zero attached hydrogens (tertiary/aromatic N) is 3. The molecule has 2 heterocycles. The number of nitrogens with one attached hydrogen (secondary N) is 2. The normalized spacial score (nSPS) is 23.3. The van der Waals surface area contributed by atoms with Crippen molar-refractivity contribution in [3.05, 3.63) is 23.8 Å². The van der Waals surface area contributed by atoms with Crippen LogP contribution in [0.4, 0.5) is 5.82 Å². The molecule has 6 nitrogen and oxygen atoms in total. The highest BCUT2D eigenvalue weighted by molar-refractivity contribution is 5.92. The van der Waals surface area contributed by atoms with Crippen LogP contribution in [0.15, 0.2) is 18.2 Å². The van der Waals surface area contributed by atoms with Gasteiger partial charge in [0.05, 0.1) is 18.1 Å². The van der Waals surface area contributed by atoms with E-state index < -0.39 is 0 Å². The predicted molar refractivity (Wildman–Crippen MR) is 118 cm³/mol. The predicted octanol–water partition coefficient (Wildman–Crippen LogP) is 3.31. The molecule has 0 bridgehead atoms. The second-order valence-corrected chi connectivity index (χ2v) is 9.38. The van der Waals surface area contributed by atoms with Gasteiger partial charge in [0.25, 0.3) is 0 Å². The second-order valence-electron chi connectivity index (χ2n) is 9.38. The Morgan fingerprint density at radius 3 is 2.62 bits per heavy atom. The van der Waals surface area contributed by atoms with Crippen LogP contribution in [0.3, 0.4) is 0 Å². The molecule has 0 unspecified atom stereocenters. The van der Waals surface area contributed by atoms with Crippen LogP contribution in [0.25, 0.3) is 10.9 Å². The zero-order valence-electron chi connectivity index (χ0n) is 18.2. The number of fused-ring (bicyclic) bond motifs is 1. The van der Waals surface area contributed by atoms with Crippen LogP contribution in [-0.2, 0) is 11.8 Å². The third-order valence-electron chi connectivity index (χ3n) is 6.90.